The van der Waals surface area contributed by atoms with Gasteiger partial charge in [0.1, 0.15) is 0 Å². The van der Waals surface area contributed by atoms with Crippen LogP contribution in [0.2, 0.25) is 0 Å². The molecule has 0 spiro atoms. The summed E-state index contributed by atoms with van der Waals surface area (Å²) in [5, 5.41) is 16.0. The molecule has 0 atom stereocenters. The topological polar surface area (TPSA) is 57.5 Å². The molecule has 4 bridgehead atoms. The molecule has 3 heteroatoms. The number of hydrogen-bond donors (Lipinski definition) is 2. The zero-order valence-corrected chi connectivity index (χ0v) is 9.77. The molecule has 2 N–H and O–H groups in total. The maximum absolute atomic E-state index is 9.13. The molecule has 4 aliphatic carbocycles. The highest BCUT2D eigenvalue weighted by Gasteiger charge is 2.50. The molecule has 0 heterocycles. The summed E-state index contributed by atoms with van der Waals surface area (Å²) < 4.78 is 0. The predicted molar refractivity (Wildman–Crippen MR) is 61.0 cm³/mol. The Balaban J connectivity index is 0.000000292. The summed E-state index contributed by atoms with van der Waals surface area (Å²) >= 11 is 0. The SMILES string of the molecule is O=CO.OCCC12CC3CC(CC(C3)C1)C2. The van der Waals surface area contributed by atoms with Gasteiger partial charge in [0.2, 0.25) is 0 Å². The lowest BCUT2D eigenvalue weighted by Crippen LogP contribution is -2.46. The van der Waals surface area contributed by atoms with E-state index in [2.05, 4.69) is 0 Å². The highest BCUT2D eigenvalue weighted by Crippen LogP contribution is 2.61. The van der Waals surface area contributed by atoms with Gasteiger partial charge >= 0.3 is 0 Å². The van der Waals surface area contributed by atoms with Gasteiger partial charge in [-0.1, -0.05) is 0 Å². The first kappa shape index (κ1) is 11.9. The van der Waals surface area contributed by atoms with E-state index in [4.69, 9.17) is 15.0 Å². The van der Waals surface area contributed by atoms with Crippen molar-refractivity contribution in [2.45, 2.75) is 44.9 Å². The second kappa shape index (κ2) is 4.74. The molecule has 0 aliphatic heterocycles. The summed E-state index contributed by atoms with van der Waals surface area (Å²) in [6.07, 6.45) is 9.98. The van der Waals surface area contributed by atoms with Crippen molar-refractivity contribution >= 4 is 6.47 Å². The largest absolute Gasteiger partial charge is 0.483 e. The van der Waals surface area contributed by atoms with Gasteiger partial charge in [-0.15, -0.1) is 0 Å². The first-order valence-electron chi connectivity index (χ1n) is 6.40. The third-order valence-corrected chi connectivity index (χ3v) is 4.81. The highest BCUT2D eigenvalue weighted by molar-refractivity contribution is 5.32. The standard InChI is InChI=1S/C12H20O.CH2O2/c13-2-1-12-6-9-3-10(7-12)5-11(4-9)8-12;2-1-3/h9-11,13H,1-8H2;1H,(H,2,3). The number of hydrogen-bond acceptors (Lipinski definition) is 2. The number of aliphatic hydroxyl groups is 1. The second-order valence-corrected chi connectivity index (χ2v) is 6.00. The summed E-state index contributed by atoms with van der Waals surface area (Å²) in [6.45, 7) is 0.173. The van der Waals surface area contributed by atoms with Crippen LogP contribution in [0.15, 0.2) is 0 Å². The van der Waals surface area contributed by atoms with Crippen LogP contribution in [0.4, 0.5) is 0 Å². The average molecular weight is 226 g/mol. The summed E-state index contributed by atoms with van der Waals surface area (Å²) in [6, 6.07) is 0. The van der Waals surface area contributed by atoms with Crippen molar-refractivity contribution in [2.75, 3.05) is 6.61 Å². The van der Waals surface area contributed by atoms with Crippen molar-refractivity contribution in [3.63, 3.8) is 0 Å². The van der Waals surface area contributed by atoms with Gasteiger partial charge < -0.3 is 10.2 Å². The van der Waals surface area contributed by atoms with E-state index in [1.165, 1.54) is 38.5 Å². The second-order valence-electron chi connectivity index (χ2n) is 6.00. The Morgan fingerprint density at radius 3 is 1.75 bits per heavy atom. The molecule has 92 valence electrons. The molecule has 0 aromatic carbocycles. The maximum atomic E-state index is 9.13. The van der Waals surface area contributed by atoms with Crippen molar-refractivity contribution < 1.29 is 15.0 Å². The minimum atomic E-state index is -0.250. The van der Waals surface area contributed by atoms with Gasteiger partial charge in [-0.05, 0) is 68.1 Å². The van der Waals surface area contributed by atoms with E-state index in [1.807, 2.05) is 0 Å². The Labute approximate surface area is 96.9 Å². The number of aliphatic hydroxyl groups excluding tert-OH is 1. The molecular weight excluding hydrogens is 204 g/mol. The van der Waals surface area contributed by atoms with Gasteiger partial charge in [-0.25, -0.2) is 0 Å². The van der Waals surface area contributed by atoms with E-state index < -0.39 is 0 Å². The normalized spacial score (nSPS) is 43.7. The van der Waals surface area contributed by atoms with Crippen LogP contribution in [0.1, 0.15) is 44.9 Å². The third kappa shape index (κ3) is 2.24. The van der Waals surface area contributed by atoms with Crippen LogP contribution in [0, 0.1) is 23.2 Å². The zero-order chi connectivity index (χ0) is 11.6. The molecule has 0 saturated heterocycles. The first-order chi connectivity index (χ1) is 7.71. The fourth-order valence-electron chi connectivity index (χ4n) is 4.83. The Morgan fingerprint density at radius 1 is 1.06 bits per heavy atom. The molecule has 4 saturated carbocycles. The first-order valence-corrected chi connectivity index (χ1v) is 6.40. The van der Waals surface area contributed by atoms with Crippen LogP contribution in [0.3, 0.4) is 0 Å². The van der Waals surface area contributed by atoms with Gasteiger partial charge in [0.25, 0.3) is 6.47 Å². The van der Waals surface area contributed by atoms with E-state index in [1.54, 1.807) is 0 Å². The van der Waals surface area contributed by atoms with Gasteiger partial charge in [0.05, 0.1) is 0 Å². The van der Waals surface area contributed by atoms with Crippen molar-refractivity contribution in [1.29, 1.82) is 0 Å². The summed E-state index contributed by atoms with van der Waals surface area (Å²) in [5.74, 6) is 3.12. The lowest BCUT2D eigenvalue weighted by molar-refractivity contribution is -0.122. The van der Waals surface area contributed by atoms with Crippen molar-refractivity contribution in [3.8, 4) is 0 Å². The number of carboxylic acid groups (broad SMARTS) is 1. The highest BCUT2D eigenvalue weighted by atomic mass is 16.3. The van der Waals surface area contributed by atoms with E-state index in [0.29, 0.717) is 12.0 Å². The molecule has 0 radical (unpaired) electrons. The Hall–Kier alpha value is -0.570. The molecule has 0 unspecified atom stereocenters. The van der Waals surface area contributed by atoms with E-state index in [-0.39, 0.29) is 6.47 Å². The molecule has 4 fully saturated rings. The van der Waals surface area contributed by atoms with Crippen molar-refractivity contribution in [2.24, 2.45) is 23.2 Å². The minimum Gasteiger partial charge on any atom is -0.483 e. The number of carbonyl (C=O) groups is 1. The average Bonchev–Trinajstić information content (AvgIpc) is 2.15. The zero-order valence-electron chi connectivity index (χ0n) is 9.77. The van der Waals surface area contributed by atoms with Crippen LogP contribution < -0.4 is 0 Å². The van der Waals surface area contributed by atoms with Gasteiger partial charge in [0.15, 0.2) is 0 Å². The summed E-state index contributed by atoms with van der Waals surface area (Å²) in [5.41, 5.74) is 0.601. The van der Waals surface area contributed by atoms with E-state index in [0.717, 1.165) is 24.2 Å². The lowest BCUT2D eigenvalue weighted by Gasteiger charge is -2.57. The Kier molecular flexibility index (Phi) is 3.53. The van der Waals surface area contributed by atoms with Crippen LogP contribution in [0.25, 0.3) is 0 Å². The minimum absolute atomic E-state index is 0.250. The monoisotopic (exact) mass is 226 g/mol. The molecule has 0 aromatic heterocycles. The van der Waals surface area contributed by atoms with Crippen LogP contribution in [0.5, 0.6) is 0 Å². The molecular formula is C13H22O3. The number of rotatable bonds is 2. The smallest absolute Gasteiger partial charge is 0.290 e. The van der Waals surface area contributed by atoms with Crippen LogP contribution in [-0.2, 0) is 4.79 Å². The fraction of sp³-hybridized carbons (Fsp3) is 0.923. The molecule has 3 nitrogen and oxygen atoms in total. The van der Waals surface area contributed by atoms with E-state index >= 15 is 0 Å². The molecule has 4 rings (SSSR count). The predicted octanol–water partition coefficient (Wildman–Crippen LogP) is 2.29. The van der Waals surface area contributed by atoms with Crippen molar-refractivity contribution in [1.82, 2.24) is 0 Å². The van der Waals surface area contributed by atoms with Crippen LogP contribution >= 0.6 is 0 Å². The van der Waals surface area contributed by atoms with Gasteiger partial charge in [-0.2, -0.15) is 0 Å². The quantitative estimate of drug-likeness (QED) is 0.710. The maximum Gasteiger partial charge on any atom is 0.290 e. The molecule has 0 amide bonds. The Bertz CT molecular complexity index is 214. The summed E-state index contributed by atoms with van der Waals surface area (Å²) in [4.78, 5) is 8.36. The third-order valence-electron chi connectivity index (χ3n) is 4.81. The van der Waals surface area contributed by atoms with Gasteiger partial charge in [-0.3, -0.25) is 4.79 Å². The lowest BCUT2D eigenvalue weighted by atomic mass is 9.49. The van der Waals surface area contributed by atoms with Crippen LogP contribution in [-0.4, -0.2) is 23.3 Å². The van der Waals surface area contributed by atoms with Crippen molar-refractivity contribution in [3.05, 3.63) is 0 Å². The Morgan fingerprint density at radius 2 is 1.44 bits per heavy atom. The molecule has 16 heavy (non-hydrogen) atoms. The fourth-order valence-corrected chi connectivity index (χ4v) is 4.83. The summed E-state index contributed by atoms with van der Waals surface area (Å²) in [7, 11) is 0. The van der Waals surface area contributed by atoms with Gasteiger partial charge in [0, 0.05) is 6.61 Å². The molecule has 0 aromatic rings. The molecule has 4 aliphatic rings. The van der Waals surface area contributed by atoms with E-state index in [9.17, 15) is 0 Å².